The number of sulfone groups is 1. The summed E-state index contributed by atoms with van der Waals surface area (Å²) in [5, 5.41) is 6.68. The second-order valence-electron chi connectivity index (χ2n) is 5.75. The Balaban J connectivity index is 1.82. The number of hydrogen-bond acceptors (Lipinski definition) is 5. The molecule has 1 aliphatic heterocycles. The van der Waals surface area contributed by atoms with E-state index in [0.29, 0.717) is 24.3 Å². The van der Waals surface area contributed by atoms with Crippen molar-refractivity contribution in [3.8, 4) is 0 Å². The number of aromatic amines is 1. The highest BCUT2D eigenvalue weighted by Gasteiger charge is 2.30. The standard InChI is InChI=1S/C15H18N4O3S/c1-23(21,22)13-9-17-18-14(13)12-5-3-7-19(10-12)15(20)11-4-2-6-16-8-11/h2,4,6,8-9,12H,3,5,7,10H2,1H3,(H,17,18)/t12-/m0/s1. The number of carbonyl (C=O) groups excluding carboxylic acids is 1. The Labute approximate surface area is 134 Å². The van der Waals surface area contributed by atoms with Crippen LogP contribution in [-0.4, -0.2) is 53.8 Å². The minimum absolute atomic E-state index is 0.0587. The molecule has 3 rings (SSSR count). The molecule has 0 spiro atoms. The average Bonchev–Trinajstić information content (AvgIpc) is 3.05. The summed E-state index contributed by atoms with van der Waals surface area (Å²) in [4.78, 5) is 18.5. The summed E-state index contributed by atoms with van der Waals surface area (Å²) in [6.45, 7) is 1.13. The highest BCUT2D eigenvalue weighted by molar-refractivity contribution is 7.90. The van der Waals surface area contributed by atoms with Crippen LogP contribution in [0.3, 0.4) is 0 Å². The molecular weight excluding hydrogens is 316 g/mol. The maximum Gasteiger partial charge on any atom is 0.255 e. The van der Waals surface area contributed by atoms with Gasteiger partial charge in [0, 0.05) is 37.7 Å². The number of nitrogens with one attached hydrogen (secondary N) is 1. The summed E-state index contributed by atoms with van der Waals surface area (Å²) in [6, 6.07) is 3.46. The number of carbonyl (C=O) groups is 1. The van der Waals surface area contributed by atoms with E-state index in [-0.39, 0.29) is 16.7 Å². The molecule has 8 heteroatoms. The molecule has 23 heavy (non-hydrogen) atoms. The van der Waals surface area contributed by atoms with Gasteiger partial charge in [-0.25, -0.2) is 8.42 Å². The van der Waals surface area contributed by atoms with Crippen molar-refractivity contribution in [3.63, 3.8) is 0 Å². The number of aromatic nitrogens is 3. The Morgan fingerprint density at radius 1 is 1.39 bits per heavy atom. The highest BCUT2D eigenvalue weighted by Crippen LogP contribution is 2.30. The van der Waals surface area contributed by atoms with Crippen LogP contribution in [0.5, 0.6) is 0 Å². The van der Waals surface area contributed by atoms with Gasteiger partial charge in [0.05, 0.1) is 17.5 Å². The second kappa shape index (κ2) is 6.11. The molecule has 1 saturated heterocycles. The van der Waals surface area contributed by atoms with Crippen LogP contribution in [0.1, 0.15) is 34.8 Å². The third-order valence-corrected chi connectivity index (χ3v) is 5.18. The predicted molar refractivity (Wildman–Crippen MR) is 83.8 cm³/mol. The van der Waals surface area contributed by atoms with E-state index >= 15 is 0 Å². The summed E-state index contributed by atoms with van der Waals surface area (Å²) >= 11 is 0. The van der Waals surface area contributed by atoms with Crippen molar-refractivity contribution in [1.29, 1.82) is 0 Å². The van der Waals surface area contributed by atoms with Crippen molar-refractivity contribution in [3.05, 3.63) is 42.0 Å². The van der Waals surface area contributed by atoms with E-state index in [9.17, 15) is 13.2 Å². The Kier molecular flexibility index (Phi) is 4.16. The highest BCUT2D eigenvalue weighted by atomic mass is 32.2. The molecule has 0 radical (unpaired) electrons. The van der Waals surface area contributed by atoms with Crippen molar-refractivity contribution in [2.75, 3.05) is 19.3 Å². The SMILES string of the molecule is CS(=O)(=O)c1cn[nH]c1[C@H]1CCCN(C(=O)c2cccnc2)C1. The number of amides is 1. The number of piperidine rings is 1. The molecule has 1 fully saturated rings. The lowest BCUT2D eigenvalue weighted by molar-refractivity contribution is 0.0704. The van der Waals surface area contributed by atoms with Gasteiger partial charge in [-0.1, -0.05) is 0 Å². The predicted octanol–water partition coefficient (Wildman–Crippen LogP) is 1.23. The molecule has 3 heterocycles. The maximum atomic E-state index is 12.5. The van der Waals surface area contributed by atoms with Gasteiger partial charge in [-0.15, -0.1) is 0 Å². The Bertz CT molecular complexity index is 801. The Morgan fingerprint density at radius 2 is 2.22 bits per heavy atom. The molecule has 0 aliphatic carbocycles. The fourth-order valence-corrected chi connectivity index (χ4v) is 3.80. The van der Waals surface area contributed by atoms with E-state index < -0.39 is 9.84 Å². The fourth-order valence-electron chi connectivity index (χ4n) is 2.94. The summed E-state index contributed by atoms with van der Waals surface area (Å²) in [7, 11) is -3.34. The molecule has 2 aromatic rings. The normalized spacial score (nSPS) is 18.8. The summed E-state index contributed by atoms with van der Waals surface area (Å²) < 4.78 is 23.7. The van der Waals surface area contributed by atoms with E-state index in [2.05, 4.69) is 15.2 Å². The first-order valence-electron chi connectivity index (χ1n) is 7.39. The van der Waals surface area contributed by atoms with Gasteiger partial charge in [-0.3, -0.25) is 14.9 Å². The van der Waals surface area contributed by atoms with Crippen molar-refractivity contribution in [2.24, 2.45) is 0 Å². The minimum Gasteiger partial charge on any atom is -0.338 e. The monoisotopic (exact) mass is 334 g/mol. The largest absolute Gasteiger partial charge is 0.338 e. The second-order valence-corrected chi connectivity index (χ2v) is 7.74. The van der Waals surface area contributed by atoms with Gasteiger partial charge in [0.25, 0.3) is 5.91 Å². The average molecular weight is 334 g/mol. The van der Waals surface area contributed by atoms with Crippen LogP contribution < -0.4 is 0 Å². The molecule has 1 aliphatic rings. The zero-order valence-electron chi connectivity index (χ0n) is 12.8. The molecule has 2 aromatic heterocycles. The zero-order valence-corrected chi connectivity index (χ0v) is 13.6. The van der Waals surface area contributed by atoms with Crippen LogP contribution in [0.25, 0.3) is 0 Å². The van der Waals surface area contributed by atoms with Crippen LogP contribution in [0.2, 0.25) is 0 Å². The molecule has 1 atom stereocenters. The maximum absolute atomic E-state index is 12.5. The number of rotatable bonds is 3. The molecule has 0 bridgehead atoms. The topological polar surface area (TPSA) is 96.0 Å². The van der Waals surface area contributed by atoms with E-state index in [0.717, 1.165) is 12.8 Å². The quantitative estimate of drug-likeness (QED) is 0.910. The molecule has 7 nitrogen and oxygen atoms in total. The van der Waals surface area contributed by atoms with Crippen molar-refractivity contribution < 1.29 is 13.2 Å². The van der Waals surface area contributed by atoms with Crippen molar-refractivity contribution in [2.45, 2.75) is 23.7 Å². The van der Waals surface area contributed by atoms with Gasteiger partial charge < -0.3 is 4.90 Å². The van der Waals surface area contributed by atoms with Gasteiger partial charge in [0.15, 0.2) is 9.84 Å². The minimum atomic E-state index is -3.34. The molecule has 122 valence electrons. The molecular formula is C15H18N4O3S. The van der Waals surface area contributed by atoms with Gasteiger partial charge in [0.1, 0.15) is 4.90 Å². The smallest absolute Gasteiger partial charge is 0.255 e. The molecule has 1 amide bonds. The third kappa shape index (κ3) is 3.26. The molecule has 1 N–H and O–H groups in total. The molecule has 0 aromatic carbocycles. The van der Waals surface area contributed by atoms with Crippen LogP contribution in [-0.2, 0) is 9.84 Å². The summed E-state index contributed by atoms with van der Waals surface area (Å²) in [5.41, 5.74) is 1.14. The lowest BCUT2D eigenvalue weighted by atomic mass is 9.94. The lowest BCUT2D eigenvalue weighted by Gasteiger charge is -2.32. The molecule has 0 saturated carbocycles. The van der Waals surface area contributed by atoms with Gasteiger partial charge >= 0.3 is 0 Å². The van der Waals surface area contributed by atoms with Crippen molar-refractivity contribution in [1.82, 2.24) is 20.1 Å². The number of likely N-dealkylation sites (tertiary alicyclic amines) is 1. The number of pyridine rings is 1. The first-order chi connectivity index (χ1) is 11.0. The van der Waals surface area contributed by atoms with Crippen LogP contribution in [0, 0.1) is 0 Å². The lowest BCUT2D eigenvalue weighted by Crippen LogP contribution is -2.39. The number of hydrogen-bond donors (Lipinski definition) is 1. The van der Waals surface area contributed by atoms with Crippen LogP contribution in [0.15, 0.2) is 35.6 Å². The zero-order chi connectivity index (χ0) is 16.4. The fraction of sp³-hybridized carbons (Fsp3) is 0.400. The van der Waals surface area contributed by atoms with Crippen LogP contribution in [0.4, 0.5) is 0 Å². The molecule has 0 unspecified atom stereocenters. The summed E-state index contributed by atoms with van der Waals surface area (Å²) in [6.07, 6.45) is 7.32. The number of nitrogens with zero attached hydrogens (tertiary/aromatic N) is 3. The third-order valence-electron chi connectivity index (χ3n) is 4.06. The first kappa shape index (κ1) is 15.7. The summed E-state index contributed by atoms with van der Waals surface area (Å²) in [5.74, 6) is -0.139. The first-order valence-corrected chi connectivity index (χ1v) is 9.28. The Morgan fingerprint density at radius 3 is 2.91 bits per heavy atom. The Hall–Kier alpha value is -2.22. The van der Waals surface area contributed by atoms with Gasteiger partial charge in [0.2, 0.25) is 0 Å². The number of H-pyrrole nitrogens is 1. The van der Waals surface area contributed by atoms with E-state index in [1.54, 1.807) is 29.4 Å². The van der Waals surface area contributed by atoms with Crippen LogP contribution >= 0.6 is 0 Å². The van der Waals surface area contributed by atoms with Gasteiger partial charge in [-0.2, -0.15) is 5.10 Å². The van der Waals surface area contributed by atoms with Crippen molar-refractivity contribution >= 4 is 15.7 Å². The van der Waals surface area contributed by atoms with E-state index in [4.69, 9.17) is 0 Å². The van der Waals surface area contributed by atoms with E-state index in [1.807, 2.05) is 0 Å². The van der Waals surface area contributed by atoms with E-state index in [1.165, 1.54) is 12.5 Å². The van der Waals surface area contributed by atoms with Gasteiger partial charge in [-0.05, 0) is 25.0 Å².